The molecule has 0 saturated carbocycles. The number of aryl methyl sites for hydroxylation is 2. The molecule has 1 aromatic rings. The minimum Gasteiger partial charge on any atom is -0.306 e. The van der Waals surface area contributed by atoms with Gasteiger partial charge in [-0.25, -0.2) is 4.98 Å². The maximum absolute atomic E-state index is 4.66. The molecule has 0 aliphatic heterocycles. The van der Waals surface area contributed by atoms with E-state index in [0.717, 1.165) is 19.4 Å². The first-order chi connectivity index (χ1) is 6.96. The van der Waals surface area contributed by atoms with Gasteiger partial charge in [-0.2, -0.15) is 0 Å². The Balaban J connectivity index is 2.66. The van der Waals surface area contributed by atoms with Gasteiger partial charge < -0.3 is 5.32 Å². The summed E-state index contributed by atoms with van der Waals surface area (Å²) in [5.74, 6) is 0. The zero-order chi connectivity index (χ0) is 11.5. The minimum atomic E-state index is 0.171. The van der Waals surface area contributed by atoms with Gasteiger partial charge in [0, 0.05) is 17.0 Å². The number of rotatable bonds is 4. The van der Waals surface area contributed by atoms with E-state index in [1.807, 2.05) is 11.3 Å². The Labute approximate surface area is 97.1 Å². The van der Waals surface area contributed by atoms with Crippen molar-refractivity contribution in [2.75, 3.05) is 0 Å². The van der Waals surface area contributed by atoms with E-state index in [1.54, 1.807) is 0 Å². The molecule has 2 nitrogen and oxygen atoms in total. The Morgan fingerprint density at radius 3 is 2.27 bits per heavy atom. The van der Waals surface area contributed by atoms with Crippen molar-refractivity contribution in [3.8, 4) is 0 Å². The largest absolute Gasteiger partial charge is 0.306 e. The average Bonchev–Trinajstić information content (AvgIpc) is 2.56. The standard InChI is InChI=1S/C12H22N2S/c1-6-9-10(7-2)15-11(14-9)8-13-12(3,4)5/h13H,6-8H2,1-5H3. The van der Waals surface area contributed by atoms with Gasteiger partial charge in [0.1, 0.15) is 5.01 Å². The lowest BCUT2D eigenvalue weighted by atomic mass is 10.1. The predicted octanol–water partition coefficient (Wildman–Crippen LogP) is 3.16. The Hall–Kier alpha value is -0.410. The third-order valence-electron chi connectivity index (χ3n) is 2.25. The number of nitrogens with zero attached hydrogens (tertiary/aromatic N) is 1. The van der Waals surface area contributed by atoms with Crippen LogP contribution in [0.3, 0.4) is 0 Å². The van der Waals surface area contributed by atoms with Crippen molar-refractivity contribution in [1.29, 1.82) is 0 Å². The molecular formula is C12H22N2S. The molecule has 0 bridgehead atoms. The van der Waals surface area contributed by atoms with Gasteiger partial charge in [0.05, 0.1) is 5.69 Å². The van der Waals surface area contributed by atoms with Crippen LogP contribution in [0.2, 0.25) is 0 Å². The fourth-order valence-electron chi connectivity index (χ4n) is 1.41. The Morgan fingerprint density at radius 2 is 1.87 bits per heavy atom. The van der Waals surface area contributed by atoms with Crippen LogP contribution in [0.1, 0.15) is 50.2 Å². The van der Waals surface area contributed by atoms with Crippen LogP contribution in [-0.4, -0.2) is 10.5 Å². The monoisotopic (exact) mass is 226 g/mol. The quantitative estimate of drug-likeness (QED) is 0.853. The number of nitrogens with one attached hydrogen (secondary N) is 1. The van der Waals surface area contributed by atoms with Gasteiger partial charge in [-0.1, -0.05) is 13.8 Å². The van der Waals surface area contributed by atoms with Crippen molar-refractivity contribution in [2.45, 2.75) is 59.5 Å². The molecule has 86 valence electrons. The smallest absolute Gasteiger partial charge is 0.107 e. The van der Waals surface area contributed by atoms with Crippen LogP contribution in [-0.2, 0) is 19.4 Å². The summed E-state index contributed by atoms with van der Waals surface area (Å²) in [5.41, 5.74) is 1.46. The summed E-state index contributed by atoms with van der Waals surface area (Å²) in [5, 5.41) is 4.70. The molecule has 1 heterocycles. The summed E-state index contributed by atoms with van der Waals surface area (Å²) in [7, 11) is 0. The van der Waals surface area contributed by atoms with E-state index in [0.29, 0.717) is 0 Å². The molecule has 3 heteroatoms. The van der Waals surface area contributed by atoms with E-state index < -0.39 is 0 Å². The summed E-state index contributed by atoms with van der Waals surface area (Å²) < 4.78 is 0. The molecule has 1 N–H and O–H groups in total. The zero-order valence-electron chi connectivity index (χ0n) is 10.5. The highest BCUT2D eigenvalue weighted by Crippen LogP contribution is 2.20. The number of hydrogen-bond donors (Lipinski definition) is 1. The summed E-state index contributed by atoms with van der Waals surface area (Å²) in [6, 6.07) is 0. The Bertz CT molecular complexity index is 288. The van der Waals surface area contributed by atoms with E-state index in [4.69, 9.17) is 0 Å². The van der Waals surface area contributed by atoms with Gasteiger partial charge in [0.15, 0.2) is 0 Å². The molecular weight excluding hydrogens is 204 g/mol. The molecule has 1 aromatic heterocycles. The molecule has 0 aliphatic rings. The van der Waals surface area contributed by atoms with Gasteiger partial charge >= 0.3 is 0 Å². The van der Waals surface area contributed by atoms with Crippen LogP contribution in [0, 0.1) is 0 Å². The maximum Gasteiger partial charge on any atom is 0.107 e. The Kier molecular flexibility index (Phi) is 4.29. The second kappa shape index (κ2) is 5.08. The molecule has 0 aromatic carbocycles. The molecule has 0 fully saturated rings. The molecule has 0 saturated heterocycles. The predicted molar refractivity (Wildman–Crippen MR) is 67.5 cm³/mol. The van der Waals surface area contributed by atoms with Crippen molar-refractivity contribution >= 4 is 11.3 Å². The Morgan fingerprint density at radius 1 is 1.20 bits per heavy atom. The van der Waals surface area contributed by atoms with Crippen LogP contribution in [0.5, 0.6) is 0 Å². The molecule has 0 aliphatic carbocycles. The minimum absolute atomic E-state index is 0.171. The summed E-state index contributed by atoms with van der Waals surface area (Å²) in [4.78, 5) is 6.11. The SMILES string of the molecule is CCc1nc(CNC(C)(C)C)sc1CC. The van der Waals surface area contributed by atoms with Crippen molar-refractivity contribution < 1.29 is 0 Å². The van der Waals surface area contributed by atoms with Crippen LogP contribution in [0.25, 0.3) is 0 Å². The van der Waals surface area contributed by atoms with Gasteiger partial charge in [0.2, 0.25) is 0 Å². The summed E-state index contributed by atoms with van der Waals surface area (Å²) in [6.07, 6.45) is 2.16. The number of hydrogen-bond acceptors (Lipinski definition) is 3. The highest BCUT2D eigenvalue weighted by molar-refractivity contribution is 7.11. The average molecular weight is 226 g/mol. The van der Waals surface area contributed by atoms with E-state index in [1.165, 1.54) is 15.6 Å². The second-order valence-corrected chi connectivity index (χ2v) is 5.96. The van der Waals surface area contributed by atoms with E-state index in [-0.39, 0.29) is 5.54 Å². The summed E-state index contributed by atoms with van der Waals surface area (Å²) in [6.45, 7) is 11.8. The van der Waals surface area contributed by atoms with Crippen LogP contribution in [0.15, 0.2) is 0 Å². The van der Waals surface area contributed by atoms with Gasteiger partial charge in [-0.3, -0.25) is 0 Å². The molecule has 1 rings (SSSR count). The lowest BCUT2D eigenvalue weighted by Gasteiger charge is -2.19. The second-order valence-electron chi connectivity index (χ2n) is 4.79. The maximum atomic E-state index is 4.66. The molecule has 0 spiro atoms. The highest BCUT2D eigenvalue weighted by Gasteiger charge is 2.12. The van der Waals surface area contributed by atoms with E-state index in [2.05, 4.69) is 44.9 Å². The number of thiazole rings is 1. The van der Waals surface area contributed by atoms with Crippen LogP contribution >= 0.6 is 11.3 Å². The lowest BCUT2D eigenvalue weighted by Crippen LogP contribution is -2.35. The van der Waals surface area contributed by atoms with E-state index in [9.17, 15) is 0 Å². The first-order valence-corrected chi connectivity index (χ1v) is 6.50. The van der Waals surface area contributed by atoms with E-state index >= 15 is 0 Å². The van der Waals surface area contributed by atoms with Crippen molar-refractivity contribution in [3.05, 3.63) is 15.6 Å². The molecule has 0 radical (unpaired) electrons. The van der Waals surface area contributed by atoms with Gasteiger partial charge in [-0.15, -0.1) is 11.3 Å². The van der Waals surface area contributed by atoms with Crippen molar-refractivity contribution in [1.82, 2.24) is 10.3 Å². The lowest BCUT2D eigenvalue weighted by molar-refractivity contribution is 0.423. The van der Waals surface area contributed by atoms with Gasteiger partial charge in [0.25, 0.3) is 0 Å². The summed E-state index contributed by atoms with van der Waals surface area (Å²) >= 11 is 1.85. The zero-order valence-corrected chi connectivity index (χ0v) is 11.3. The molecule has 0 amide bonds. The topological polar surface area (TPSA) is 24.9 Å². The molecule has 15 heavy (non-hydrogen) atoms. The van der Waals surface area contributed by atoms with Crippen LogP contribution in [0.4, 0.5) is 0 Å². The van der Waals surface area contributed by atoms with Crippen molar-refractivity contribution in [2.24, 2.45) is 0 Å². The fourth-order valence-corrected chi connectivity index (χ4v) is 2.44. The van der Waals surface area contributed by atoms with Crippen LogP contribution < -0.4 is 5.32 Å². The third kappa shape index (κ3) is 3.92. The molecule has 0 atom stereocenters. The first kappa shape index (κ1) is 12.7. The third-order valence-corrected chi connectivity index (χ3v) is 3.49. The first-order valence-electron chi connectivity index (χ1n) is 5.68. The van der Waals surface area contributed by atoms with Crippen molar-refractivity contribution in [3.63, 3.8) is 0 Å². The molecule has 0 unspecified atom stereocenters. The normalized spacial score (nSPS) is 12.1. The number of aromatic nitrogens is 1. The highest BCUT2D eigenvalue weighted by atomic mass is 32.1. The fraction of sp³-hybridized carbons (Fsp3) is 0.750. The van der Waals surface area contributed by atoms with Gasteiger partial charge in [-0.05, 0) is 33.6 Å².